The zero-order valence-electron chi connectivity index (χ0n) is 23.5. The van der Waals surface area contributed by atoms with Crippen LogP contribution in [0.2, 0.25) is 16.6 Å². The Morgan fingerprint density at radius 2 is 1.29 bits per heavy atom. The van der Waals surface area contributed by atoms with E-state index in [4.69, 9.17) is 19.2 Å². The summed E-state index contributed by atoms with van der Waals surface area (Å²) in [5.41, 5.74) is 1.96. The van der Waals surface area contributed by atoms with Crippen LogP contribution in [0.3, 0.4) is 0 Å². The summed E-state index contributed by atoms with van der Waals surface area (Å²) in [6, 6.07) is 5.83. The van der Waals surface area contributed by atoms with Crippen LogP contribution in [0.25, 0.3) is 5.57 Å². The van der Waals surface area contributed by atoms with E-state index in [1.807, 2.05) is 45.9 Å². The summed E-state index contributed by atoms with van der Waals surface area (Å²) in [6.45, 7) is 21.7. The molecule has 1 aromatic carbocycles. The molecule has 5 nitrogen and oxygen atoms in total. The first kappa shape index (κ1) is 28.3. The second-order valence-electron chi connectivity index (χ2n) is 11.4. The van der Waals surface area contributed by atoms with Crippen LogP contribution in [0, 0.1) is 0 Å². The molecule has 2 rings (SSSR count). The Kier molecular flexibility index (Phi) is 8.31. The Balaban J connectivity index is 3.18. The van der Waals surface area contributed by atoms with E-state index < -0.39 is 19.2 Å². The van der Waals surface area contributed by atoms with E-state index in [1.54, 1.807) is 21.3 Å². The Hall–Kier alpha value is -1.92. The third-order valence-electron chi connectivity index (χ3n) is 7.42. The van der Waals surface area contributed by atoms with Gasteiger partial charge in [0.15, 0.2) is 0 Å². The smallest absolute Gasteiger partial charge is 0.202 e. The molecule has 0 radical (unpaired) electrons. The third-order valence-corrected chi connectivity index (χ3v) is 14.5. The first-order valence-corrected chi connectivity index (χ1v) is 14.5. The lowest BCUT2D eigenvalue weighted by atomic mass is 9.89. The fourth-order valence-electron chi connectivity index (χ4n) is 6.15. The number of Topliss-reactive ketones (excluding diaryl/α,β-unsaturated/α-hetero) is 1. The molecule has 6 heteroatoms. The second-order valence-corrected chi connectivity index (χ2v) is 17.3. The number of nitrogens with zero attached hydrogens (tertiary/aromatic N) is 1. The monoisotopic (exact) mass is 487 g/mol. The minimum Gasteiger partial charge on any atom is -0.497 e. The standard InChI is InChI=1S/C28H45NO4Si/c1-17(2)34(18(3)4,19(5)6)25-23(20-14-21(31-11)16-22(15-20)32-12)28(10,33-13)26(24(25)30)29-27(7,8)9/h14-19H,1-13H3/t28-/m1/s1. The lowest BCUT2D eigenvalue weighted by Gasteiger charge is -2.44. The van der Waals surface area contributed by atoms with E-state index in [-0.39, 0.29) is 5.78 Å². The molecule has 0 amide bonds. The maximum Gasteiger partial charge on any atom is 0.202 e. The van der Waals surface area contributed by atoms with E-state index in [0.29, 0.717) is 33.8 Å². The van der Waals surface area contributed by atoms with Gasteiger partial charge in [0, 0.05) is 18.7 Å². The van der Waals surface area contributed by atoms with Crippen LogP contribution in [0.4, 0.5) is 0 Å². The van der Waals surface area contributed by atoms with Crippen molar-refractivity contribution in [3.8, 4) is 11.5 Å². The van der Waals surface area contributed by atoms with Gasteiger partial charge in [-0.1, -0.05) is 41.5 Å². The molecule has 0 saturated carbocycles. The van der Waals surface area contributed by atoms with Gasteiger partial charge in [0.1, 0.15) is 22.8 Å². The van der Waals surface area contributed by atoms with Crippen LogP contribution in [0.15, 0.2) is 28.4 Å². The summed E-state index contributed by atoms with van der Waals surface area (Å²) < 4.78 is 17.5. The van der Waals surface area contributed by atoms with Gasteiger partial charge in [0.2, 0.25) is 5.78 Å². The van der Waals surface area contributed by atoms with Crippen LogP contribution in [-0.2, 0) is 9.53 Å². The minimum atomic E-state index is -2.39. The maximum atomic E-state index is 14.5. The lowest BCUT2D eigenvalue weighted by molar-refractivity contribution is -0.109. The number of hydrogen-bond acceptors (Lipinski definition) is 5. The van der Waals surface area contributed by atoms with Gasteiger partial charge in [0.05, 0.1) is 27.8 Å². The summed E-state index contributed by atoms with van der Waals surface area (Å²) >= 11 is 0. The summed E-state index contributed by atoms with van der Waals surface area (Å²) in [6.07, 6.45) is 0. The molecule has 34 heavy (non-hydrogen) atoms. The van der Waals surface area contributed by atoms with E-state index in [9.17, 15) is 4.79 Å². The van der Waals surface area contributed by atoms with Gasteiger partial charge < -0.3 is 14.2 Å². The van der Waals surface area contributed by atoms with Crippen molar-refractivity contribution in [2.45, 2.75) is 97.0 Å². The number of carbonyl (C=O) groups is 1. The summed E-state index contributed by atoms with van der Waals surface area (Å²) in [4.78, 5) is 19.5. The number of rotatable bonds is 8. The Labute approximate surface area is 208 Å². The summed E-state index contributed by atoms with van der Waals surface area (Å²) in [5, 5.41) is 0.940. The molecule has 0 aromatic heterocycles. The molecule has 190 valence electrons. The molecule has 0 spiro atoms. The molecule has 0 saturated heterocycles. The number of aliphatic imine (C=N–C) groups is 1. The predicted molar refractivity (Wildman–Crippen MR) is 145 cm³/mol. The molecule has 0 fully saturated rings. The van der Waals surface area contributed by atoms with Crippen LogP contribution in [0.1, 0.15) is 74.8 Å². The Morgan fingerprint density at radius 1 is 0.853 bits per heavy atom. The fourth-order valence-corrected chi connectivity index (χ4v) is 13.2. The number of ether oxygens (including phenoxy) is 3. The molecule has 0 bridgehead atoms. The average Bonchev–Trinajstić information content (AvgIpc) is 2.94. The van der Waals surface area contributed by atoms with Crippen LogP contribution >= 0.6 is 0 Å². The van der Waals surface area contributed by atoms with Gasteiger partial charge in [-0.15, -0.1) is 0 Å². The molecule has 1 aliphatic rings. The number of allylic oxidation sites excluding steroid dienone is 1. The van der Waals surface area contributed by atoms with Crippen LogP contribution in [0.5, 0.6) is 11.5 Å². The number of benzene rings is 1. The van der Waals surface area contributed by atoms with E-state index >= 15 is 0 Å². The average molecular weight is 488 g/mol. The van der Waals surface area contributed by atoms with Crippen molar-refractivity contribution in [2.24, 2.45) is 4.99 Å². The quantitative estimate of drug-likeness (QED) is 0.374. The van der Waals surface area contributed by atoms with Crippen molar-refractivity contribution in [1.29, 1.82) is 0 Å². The number of ketones is 1. The van der Waals surface area contributed by atoms with Crippen LogP contribution in [-0.4, -0.2) is 52.0 Å². The fraction of sp³-hybridized carbons (Fsp3) is 0.643. The highest BCUT2D eigenvalue weighted by molar-refractivity contribution is 6.98. The van der Waals surface area contributed by atoms with Gasteiger partial charge >= 0.3 is 0 Å². The van der Waals surface area contributed by atoms with Gasteiger partial charge in [-0.05, 0) is 67.2 Å². The van der Waals surface area contributed by atoms with Crippen molar-refractivity contribution in [3.05, 3.63) is 29.0 Å². The highest BCUT2D eigenvalue weighted by Crippen LogP contribution is 2.55. The van der Waals surface area contributed by atoms with Crippen LogP contribution < -0.4 is 9.47 Å². The molecular weight excluding hydrogens is 442 g/mol. The first-order chi connectivity index (χ1) is 15.6. The Morgan fingerprint density at radius 3 is 1.62 bits per heavy atom. The molecule has 0 aliphatic heterocycles. The molecule has 1 aromatic rings. The Bertz CT molecular complexity index is 941. The van der Waals surface area contributed by atoms with E-state index in [0.717, 1.165) is 16.3 Å². The van der Waals surface area contributed by atoms with Crippen molar-refractivity contribution in [3.63, 3.8) is 0 Å². The van der Waals surface area contributed by atoms with Gasteiger partial charge in [-0.2, -0.15) is 0 Å². The predicted octanol–water partition coefficient (Wildman–Crippen LogP) is 6.90. The first-order valence-electron chi connectivity index (χ1n) is 12.3. The lowest BCUT2D eigenvalue weighted by Crippen LogP contribution is -2.49. The zero-order valence-corrected chi connectivity index (χ0v) is 24.5. The number of carbonyl (C=O) groups excluding carboxylic acids is 1. The maximum absolute atomic E-state index is 14.5. The summed E-state index contributed by atoms with van der Waals surface area (Å²) in [5.74, 6) is 1.40. The molecule has 0 unspecified atom stereocenters. The number of methoxy groups -OCH3 is 3. The highest BCUT2D eigenvalue weighted by atomic mass is 28.3. The van der Waals surface area contributed by atoms with E-state index in [2.05, 4.69) is 41.5 Å². The van der Waals surface area contributed by atoms with Crippen molar-refractivity contribution in [2.75, 3.05) is 21.3 Å². The zero-order chi connectivity index (χ0) is 26.2. The SMILES string of the molecule is COc1cc(OC)cc(C2=C([Si](C(C)C)(C(C)C)C(C)C)C(=O)C(=NC(C)(C)C)[C@]2(C)OC)c1. The molecule has 0 heterocycles. The normalized spacial score (nSPS) is 20.9. The summed E-state index contributed by atoms with van der Waals surface area (Å²) in [7, 11) is 2.57. The number of hydrogen-bond donors (Lipinski definition) is 0. The van der Waals surface area contributed by atoms with Gasteiger partial charge in [-0.25, -0.2) is 0 Å². The molecular formula is C28H45NO4Si. The molecule has 1 atom stereocenters. The molecule has 0 N–H and O–H groups in total. The van der Waals surface area contributed by atoms with Gasteiger partial charge in [0.25, 0.3) is 0 Å². The topological polar surface area (TPSA) is 57.1 Å². The van der Waals surface area contributed by atoms with E-state index in [1.165, 1.54) is 0 Å². The molecule has 1 aliphatic carbocycles. The third kappa shape index (κ3) is 4.63. The second kappa shape index (κ2) is 9.98. The minimum absolute atomic E-state index is 0.0406. The largest absolute Gasteiger partial charge is 0.497 e. The van der Waals surface area contributed by atoms with Crippen molar-refractivity contribution in [1.82, 2.24) is 0 Å². The van der Waals surface area contributed by atoms with Crippen molar-refractivity contribution < 1.29 is 19.0 Å². The van der Waals surface area contributed by atoms with Crippen molar-refractivity contribution >= 4 is 25.1 Å². The van der Waals surface area contributed by atoms with Gasteiger partial charge in [-0.3, -0.25) is 9.79 Å². The highest BCUT2D eigenvalue weighted by Gasteiger charge is 2.59.